The van der Waals surface area contributed by atoms with Gasteiger partial charge in [0.1, 0.15) is 10.6 Å². The minimum Gasteiger partial charge on any atom is -0.495 e. The molecule has 156 valence electrons. The molecule has 0 aliphatic rings. The first-order valence-electron chi connectivity index (χ1n) is 7.81. The van der Waals surface area contributed by atoms with Gasteiger partial charge in [0.05, 0.1) is 24.9 Å². The van der Waals surface area contributed by atoms with Gasteiger partial charge >= 0.3 is 23.9 Å². The summed E-state index contributed by atoms with van der Waals surface area (Å²) in [6.07, 6.45) is -7.26. The van der Waals surface area contributed by atoms with Crippen LogP contribution < -0.4 is 4.74 Å². The van der Waals surface area contributed by atoms with Crippen molar-refractivity contribution in [2.75, 3.05) is 13.5 Å². The van der Waals surface area contributed by atoms with Crippen LogP contribution in [0.1, 0.15) is 33.3 Å². The molecule has 0 N–H and O–H groups in total. The van der Waals surface area contributed by atoms with E-state index >= 15 is 0 Å². The van der Waals surface area contributed by atoms with Gasteiger partial charge in [-0.2, -0.15) is 21.6 Å². The van der Waals surface area contributed by atoms with Crippen LogP contribution in [0.25, 0.3) is 0 Å². The smallest absolute Gasteiger partial charge is 0.417 e. The van der Waals surface area contributed by atoms with Crippen LogP contribution >= 0.6 is 7.60 Å². The fraction of sp³-hybridized carbons (Fsp3) is 0.600. The molecule has 0 spiro atoms. The van der Waals surface area contributed by atoms with Crippen molar-refractivity contribution in [3.63, 3.8) is 0 Å². The molecule has 1 rings (SSSR count). The van der Waals surface area contributed by atoms with Crippen molar-refractivity contribution in [1.82, 2.24) is 0 Å². The van der Waals surface area contributed by atoms with E-state index in [1.54, 1.807) is 0 Å². The zero-order valence-corrected chi connectivity index (χ0v) is 17.2. The van der Waals surface area contributed by atoms with Crippen molar-refractivity contribution in [1.29, 1.82) is 0 Å². The van der Waals surface area contributed by atoms with Crippen LogP contribution in [0.15, 0.2) is 23.1 Å². The van der Waals surface area contributed by atoms with Crippen molar-refractivity contribution in [3.05, 3.63) is 23.8 Å². The lowest BCUT2D eigenvalue weighted by Crippen LogP contribution is -2.18. The van der Waals surface area contributed by atoms with Crippen molar-refractivity contribution in [2.45, 2.75) is 51.0 Å². The first-order chi connectivity index (χ1) is 12.2. The number of hydrogen-bond donors (Lipinski definition) is 0. The number of benzene rings is 1. The van der Waals surface area contributed by atoms with E-state index in [0.29, 0.717) is 6.07 Å². The lowest BCUT2D eigenvalue weighted by Gasteiger charge is -2.23. The third kappa shape index (κ3) is 6.76. The average Bonchev–Trinajstić information content (AvgIpc) is 2.50. The molecule has 0 bridgehead atoms. The average molecular weight is 434 g/mol. The SMILES string of the molecule is COc1cccc(C(F)(F)F)c1S(=O)(=O)OCP(=O)(OC(C)C)OC(C)C. The predicted octanol–water partition coefficient (Wildman–Crippen LogP) is 4.42. The number of methoxy groups -OCH3 is 1. The third-order valence-electron chi connectivity index (χ3n) is 2.86. The summed E-state index contributed by atoms with van der Waals surface area (Å²) in [5.74, 6) is -0.561. The second-order valence-electron chi connectivity index (χ2n) is 5.96. The molecule has 0 unspecified atom stereocenters. The Morgan fingerprint density at radius 2 is 1.59 bits per heavy atom. The Hall–Kier alpha value is -1.13. The number of halogens is 3. The molecule has 0 aliphatic heterocycles. The van der Waals surface area contributed by atoms with Gasteiger partial charge in [-0.05, 0) is 39.8 Å². The van der Waals surface area contributed by atoms with Crippen LogP contribution in [-0.2, 0) is 34.1 Å². The Bertz CT molecular complexity index is 777. The van der Waals surface area contributed by atoms with Crippen LogP contribution in [0.4, 0.5) is 13.2 Å². The quantitative estimate of drug-likeness (QED) is 0.420. The Morgan fingerprint density at radius 1 is 1.07 bits per heavy atom. The minimum absolute atomic E-state index is 0.561. The van der Waals surface area contributed by atoms with Gasteiger partial charge in [0.2, 0.25) is 0 Å². The van der Waals surface area contributed by atoms with E-state index in [2.05, 4.69) is 4.18 Å². The second kappa shape index (κ2) is 8.91. The molecule has 1 aromatic rings. The summed E-state index contributed by atoms with van der Waals surface area (Å²) in [6.45, 7) is 6.14. The van der Waals surface area contributed by atoms with Gasteiger partial charge in [-0.1, -0.05) is 6.07 Å². The van der Waals surface area contributed by atoms with E-state index in [4.69, 9.17) is 13.8 Å². The summed E-state index contributed by atoms with van der Waals surface area (Å²) in [7, 11) is -8.03. The summed E-state index contributed by atoms with van der Waals surface area (Å²) in [4.78, 5) is -1.21. The van der Waals surface area contributed by atoms with Gasteiger partial charge in [-0.3, -0.25) is 8.75 Å². The molecule has 1 aromatic carbocycles. The topological polar surface area (TPSA) is 88.1 Å². The molecule has 0 aromatic heterocycles. The highest BCUT2D eigenvalue weighted by molar-refractivity contribution is 7.87. The Balaban J connectivity index is 3.30. The van der Waals surface area contributed by atoms with Crippen LogP contribution in [-0.4, -0.2) is 34.1 Å². The van der Waals surface area contributed by atoms with E-state index in [9.17, 15) is 26.2 Å². The van der Waals surface area contributed by atoms with Crippen molar-refractivity contribution in [3.8, 4) is 5.75 Å². The molecule has 0 fully saturated rings. The van der Waals surface area contributed by atoms with E-state index in [0.717, 1.165) is 19.2 Å². The highest BCUT2D eigenvalue weighted by Gasteiger charge is 2.41. The molecule has 0 aliphatic carbocycles. The first-order valence-corrected chi connectivity index (χ1v) is 10.9. The van der Waals surface area contributed by atoms with E-state index in [1.807, 2.05) is 0 Å². The molecule has 0 radical (unpaired) electrons. The fourth-order valence-corrected chi connectivity index (χ4v) is 5.58. The van der Waals surface area contributed by atoms with Crippen LogP contribution in [0.2, 0.25) is 0 Å². The number of rotatable bonds is 9. The second-order valence-corrected chi connectivity index (χ2v) is 9.41. The van der Waals surface area contributed by atoms with Gasteiger partial charge in [0.15, 0.2) is 6.35 Å². The lowest BCUT2D eigenvalue weighted by atomic mass is 10.2. The maximum absolute atomic E-state index is 13.2. The standard InChI is InChI=1S/C15H22F3O7PS/c1-10(2)24-26(19,25-11(3)4)9-23-27(20,21)14-12(15(16,17)18)7-6-8-13(14)22-5/h6-8,10-11H,9H2,1-5H3. The maximum Gasteiger partial charge on any atom is 0.417 e. The van der Waals surface area contributed by atoms with Crippen molar-refractivity contribution >= 4 is 17.7 Å². The Morgan fingerprint density at radius 3 is 2.00 bits per heavy atom. The molecule has 0 heterocycles. The summed E-state index contributed by atoms with van der Waals surface area (Å²) < 4.78 is 96.9. The molecule has 7 nitrogen and oxygen atoms in total. The van der Waals surface area contributed by atoms with E-state index < -0.39 is 58.7 Å². The van der Waals surface area contributed by atoms with Crippen LogP contribution in [0, 0.1) is 0 Å². The summed E-state index contributed by atoms with van der Waals surface area (Å²) in [6, 6.07) is 2.61. The Labute approximate surface area is 156 Å². The largest absolute Gasteiger partial charge is 0.495 e. The van der Waals surface area contributed by atoms with Gasteiger partial charge in [-0.25, -0.2) is 0 Å². The van der Waals surface area contributed by atoms with Crippen molar-refractivity contribution in [2.24, 2.45) is 0 Å². The van der Waals surface area contributed by atoms with Crippen LogP contribution in [0.5, 0.6) is 5.75 Å². The molecule has 27 heavy (non-hydrogen) atoms. The zero-order chi connectivity index (χ0) is 21.0. The molecule has 0 amide bonds. The van der Waals surface area contributed by atoms with Gasteiger partial charge in [-0.15, -0.1) is 0 Å². The van der Waals surface area contributed by atoms with E-state index in [1.165, 1.54) is 27.7 Å². The fourth-order valence-electron chi connectivity index (χ4n) is 2.08. The highest BCUT2D eigenvalue weighted by Crippen LogP contribution is 2.51. The minimum atomic E-state index is -5.00. The normalized spacial score (nSPS) is 13.4. The lowest BCUT2D eigenvalue weighted by molar-refractivity contribution is -0.140. The zero-order valence-electron chi connectivity index (χ0n) is 15.4. The molecule has 0 atom stereocenters. The first kappa shape index (κ1) is 23.9. The molecule has 0 saturated heterocycles. The Kier molecular flexibility index (Phi) is 7.89. The molecule has 12 heteroatoms. The summed E-state index contributed by atoms with van der Waals surface area (Å²) >= 11 is 0. The van der Waals surface area contributed by atoms with Gasteiger partial charge in [0, 0.05) is 0 Å². The van der Waals surface area contributed by atoms with Gasteiger partial charge < -0.3 is 13.8 Å². The highest BCUT2D eigenvalue weighted by atomic mass is 32.2. The van der Waals surface area contributed by atoms with Gasteiger partial charge in [0.25, 0.3) is 0 Å². The molecular formula is C15H22F3O7PS. The third-order valence-corrected chi connectivity index (χ3v) is 6.32. The summed E-state index contributed by atoms with van der Waals surface area (Å²) in [5, 5.41) is 0. The summed E-state index contributed by atoms with van der Waals surface area (Å²) in [5.41, 5.74) is -1.47. The molecule has 0 saturated carbocycles. The van der Waals surface area contributed by atoms with Crippen molar-refractivity contribution < 1.29 is 44.1 Å². The van der Waals surface area contributed by atoms with E-state index in [-0.39, 0.29) is 0 Å². The number of hydrogen-bond acceptors (Lipinski definition) is 7. The predicted molar refractivity (Wildman–Crippen MR) is 91.2 cm³/mol. The molecular weight excluding hydrogens is 412 g/mol. The number of alkyl halides is 3. The monoisotopic (exact) mass is 434 g/mol. The number of ether oxygens (including phenoxy) is 1. The van der Waals surface area contributed by atoms with Crippen LogP contribution in [0.3, 0.4) is 0 Å². The maximum atomic E-state index is 13.2.